The summed E-state index contributed by atoms with van der Waals surface area (Å²) in [6.45, 7) is 10.4. The van der Waals surface area contributed by atoms with E-state index in [1.165, 1.54) is 0 Å². The molecular formula is C68H88N6O14V2-2. The van der Waals surface area contributed by atoms with Gasteiger partial charge in [0.1, 0.15) is 47.3 Å². The van der Waals surface area contributed by atoms with Gasteiger partial charge in [0.05, 0.1) is 74.1 Å². The number of hydrogen-bond donors (Lipinski definition) is 0. The third-order valence-corrected chi connectivity index (χ3v) is 21.0. The van der Waals surface area contributed by atoms with Gasteiger partial charge in [0.15, 0.2) is 0 Å². The van der Waals surface area contributed by atoms with Crippen molar-refractivity contribution in [2.45, 2.75) is 193 Å². The minimum absolute atomic E-state index is 0. The van der Waals surface area contributed by atoms with Gasteiger partial charge in [-0.25, -0.2) is 32.5 Å². The molecular weight excluding hydrogens is 1230 g/mol. The van der Waals surface area contributed by atoms with E-state index >= 15 is 0 Å². The molecule has 2 radical (unpaired) electrons. The summed E-state index contributed by atoms with van der Waals surface area (Å²) < 4.78 is 47.2. The second kappa shape index (κ2) is 30.6. The van der Waals surface area contributed by atoms with Crippen LogP contribution in [0.5, 0.6) is 23.3 Å². The fourth-order valence-corrected chi connectivity index (χ4v) is 14.9. The number of ether oxygens (including phenoxy) is 8. The molecule has 12 rings (SSSR count). The van der Waals surface area contributed by atoms with Gasteiger partial charge in [0.2, 0.25) is 23.6 Å². The number of carbonyl (C=O) groups is 4. The molecule has 0 unspecified atom stereocenters. The quantitative estimate of drug-likeness (QED) is 0.129. The van der Waals surface area contributed by atoms with Crippen LogP contribution < -0.4 is 18.9 Å². The summed E-state index contributed by atoms with van der Waals surface area (Å²) in [4.78, 5) is 103. The summed E-state index contributed by atoms with van der Waals surface area (Å²) >= 11 is 0. The molecule has 4 bridgehead atoms. The van der Waals surface area contributed by atoms with Crippen molar-refractivity contribution in [3.63, 3.8) is 0 Å². The van der Waals surface area contributed by atoms with Crippen molar-refractivity contribution >= 4 is 58.4 Å². The number of esters is 2. The number of carbonyl (C=O) groups excluding carboxylic acids is 6. The molecule has 0 spiro atoms. The third kappa shape index (κ3) is 15.5. The molecule has 22 heteroatoms. The molecule has 4 saturated heterocycles. The van der Waals surface area contributed by atoms with Crippen LogP contribution in [-0.4, -0.2) is 156 Å². The summed E-state index contributed by atoms with van der Waals surface area (Å²) in [7, 11) is 3.22. The number of aromatic nitrogens is 4. The minimum Gasteiger partial charge on any atom is -0.540 e. The van der Waals surface area contributed by atoms with Crippen molar-refractivity contribution in [2.24, 2.45) is 46.3 Å². The average molecular weight is 1320 g/mol. The van der Waals surface area contributed by atoms with E-state index in [0.717, 1.165) is 99.5 Å². The van der Waals surface area contributed by atoms with Crippen molar-refractivity contribution in [2.75, 3.05) is 53.7 Å². The van der Waals surface area contributed by atoms with Gasteiger partial charge >= 0.3 is 11.9 Å². The topological polar surface area (TPSA) is 234 Å². The van der Waals surface area contributed by atoms with Crippen LogP contribution >= 0.6 is 0 Å². The monoisotopic (exact) mass is 1310 g/mol. The van der Waals surface area contributed by atoms with Crippen LogP contribution in [0.1, 0.15) is 155 Å². The van der Waals surface area contributed by atoms with Crippen molar-refractivity contribution in [3.8, 4) is 23.3 Å². The summed E-state index contributed by atoms with van der Waals surface area (Å²) in [6.07, 6.45) is 18.9. The van der Waals surface area contributed by atoms with Gasteiger partial charge in [0.25, 0.3) is 0 Å². The van der Waals surface area contributed by atoms with Gasteiger partial charge in [-0.3, -0.25) is 19.2 Å². The van der Waals surface area contributed by atoms with E-state index < -0.39 is 47.0 Å². The second-order valence-corrected chi connectivity index (χ2v) is 26.8. The predicted molar refractivity (Wildman–Crippen MR) is 324 cm³/mol. The number of amides is 2. The predicted octanol–water partition coefficient (Wildman–Crippen LogP) is 9.20. The Hall–Kier alpha value is -5.37. The fourth-order valence-electron chi connectivity index (χ4n) is 14.9. The van der Waals surface area contributed by atoms with E-state index in [4.69, 9.17) is 57.8 Å². The molecule has 6 fully saturated rings. The maximum Gasteiger partial charge on any atom is 0.306 e. The number of aryl methyl sites for hydroxylation is 2. The Morgan fingerprint density at radius 1 is 0.511 bits per heavy atom. The zero-order valence-corrected chi connectivity index (χ0v) is 55.9. The Kier molecular flexibility index (Phi) is 23.4. The van der Waals surface area contributed by atoms with Crippen LogP contribution in [0.15, 0.2) is 36.4 Å². The van der Waals surface area contributed by atoms with E-state index in [9.17, 15) is 28.8 Å². The van der Waals surface area contributed by atoms with Crippen LogP contribution in [0.4, 0.5) is 0 Å². The minimum atomic E-state index is -0.803. The van der Waals surface area contributed by atoms with E-state index in [-0.39, 0.29) is 111 Å². The van der Waals surface area contributed by atoms with E-state index in [1.807, 2.05) is 50.2 Å². The molecule has 486 valence electrons. The van der Waals surface area contributed by atoms with Crippen LogP contribution in [0.2, 0.25) is 0 Å². The Balaban J connectivity index is 0.000000209. The van der Waals surface area contributed by atoms with Gasteiger partial charge in [-0.2, -0.15) is 0 Å². The molecule has 2 amide bonds. The van der Waals surface area contributed by atoms with E-state index in [2.05, 4.69) is 26.4 Å². The average Bonchev–Trinajstić information content (AvgIpc) is 2.30. The molecule has 2 aromatic carbocycles. The summed E-state index contributed by atoms with van der Waals surface area (Å²) in [5.74, 6) is -0.127. The number of fused-ring (bicyclic) bond motifs is 10. The first-order chi connectivity index (χ1) is 42.6. The molecule has 20 nitrogen and oxygen atoms in total. The van der Waals surface area contributed by atoms with Crippen LogP contribution in [0.3, 0.4) is 0 Å². The van der Waals surface area contributed by atoms with Gasteiger partial charge in [0, 0.05) is 75.7 Å². The first kappa shape index (κ1) is 69.0. The Morgan fingerprint density at radius 2 is 0.944 bits per heavy atom. The molecule has 2 aliphatic carbocycles. The normalized spacial score (nSPS) is 30.7. The Labute approximate surface area is 552 Å². The maximum absolute atomic E-state index is 14.5. The van der Waals surface area contributed by atoms with Crippen molar-refractivity contribution < 1.29 is 104 Å². The smallest absolute Gasteiger partial charge is 0.306 e. The summed E-state index contributed by atoms with van der Waals surface area (Å²) in [6, 6.07) is 9.61. The number of methoxy groups -OCH3 is 2. The maximum atomic E-state index is 14.5. The molecule has 6 aliphatic heterocycles. The van der Waals surface area contributed by atoms with Crippen molar-refractivity contribution in [1.29, 1.82) is 0 Å². The zero-order valence-electron chi connectivity index (χ0n) is 53.1. The van der Waals surface area contributed by atoms with Crippen LogP contribution in [-0.2, 0) is 97.7 Å². The Bertz CT molecular complexity index is 3180. The van der Waals surface area contributed by atoms with Crippen LogP contribution in [0.25, 0.3) is 22.1 Å². The van der Waals surface area contributed by atoms with Gasteiger partial charge in [-0.1, -0.05) is 65.5 Å². The Morgan fingerprint density at radius 3 is 1.39 bits per heavy atom. The molecule has 2 aromatic heterocycles. The first-order valence-electron chi connectivity index (χ1n) is 32.5. The summed E-state index contributed by atoms with van der Waals surface area (Å²) in [5, 5.41) is 0. The fraction of sp³-hybridized carbons (Fsp3) is 0.676. The molecule has 8 aliphatic rings. The summed E-state index contributed by atoms with van der Waals surface area (Å²) in [5.41, 5.74) is 3.47. The molecule has 8 heterocycles. The van der Waals surface area contributed by atoms with Gasteiger partial charge in [-0.05, 0) is 149 Å². The van der Waals surface area contributed by atoms with Gasteiger partial charge < -0.3 is 57.3 Å². The molecule has 4 aromatic rings. The first-order valence-corrected chi connectivity index (χ1v) is 32.5. The van der Waals surface area contributed by atoms with Crippen LogP contribution in [0, 0.1) is 46.3 Å². The third-order valence-electron chi connectivity index (χ3n) is 21.0. The number of rotatable bonds is 6. The largest absolute Gasteiger partial charge is 0.540 e. The van der Waals surface area contributed by atoms with Gasteiger partial charge in [-0.15, -0.1) is 0 Å². The van der Waals surface area contributed by atoms with Crippen molar-refractivity contribution in [1.82, 2.24) is 29.7 Å². The molecule has 2 saturated carbocycles. The van der Waals surface area contributed by atoms with Crippen molar-refractivity contribution in [3.05, 3.63) is 47.8 Å². The number of hydrogen-bond acceptors (Lipinski definition) is 18. The molecule has 0 N–H and O–H groups in total. The standard InChI is InChI=1S/C35H46N3O7.C33H42N3O7.2V/c1-22-29(21-39)38-20-31(22)45-33-27(36-26-13-12-24(42-3)18-28(26)37-33)10-6-4-5-8-23-9-7-11-30(23)44-32(40)19-25(34(38)41)35(2)14-16-43-17-15-35;1-20-27(19-37)36-18-29(20)43-31-25(34-24-10-9-22(40-3)16-26(24)35-31)8-6-4-5-7-21-15-28(21)42-30(38)17-23(32(36)39)33(2)11-13-41-14-12-33;;/h12-13,18,22-23,25,29-31H,4-11,14-17,19-20H2,1-3H3;9-10,16,20-21,23,27-29H,4-8,11-15,17-18H2,1-3H3;;/q2*-1;;/t22-,23+,25+,29+,30+,31-;20-,21+,23+,27+,28+,29-;;/m00../s1. The zero-order chi connectivity index (χ0) is 61.7. The molecule has 12 atom stereocenters. The van der Waals surface area contributed by atoms with E-state index in [1.54, 1.807) is 24.0 Å². The number of nitrogens with zero attached hydrogens (tertiary/aromatic N) is 6. The number of benzene rings is 2. The second-order valence-electron chi connectivity index (χ2n) is 26.8. The SMILES string of the molecule is COc1ccc2nc3c(nc2c1)O[C@H]1CN(C(=O)[C@H](C2(C)CCOCC2)CC(=O)O[C@@H]2CCC[C@H]2CCCCC3)[C@H]([C-]=O)[C@@H]1C.COc1ccc2nc3c(nc2c1)O[C@H]1CN(C(=O)[C@H](C2(C)CCOCC2)CC(=O)O[C@@H]2C[C@H]2CCCCC3)[C@H]([C-]=O)[C@@H]1C.[V].[V]. The van der Waals surface area contributed by atoms with E-state index in [0.29, 0.717) is 111 Å². The molecule has 90 heavy (non-hydrogen) atoms.